The lowest BCUT2D eigenvalue weighted by Gasteiger charge is -2.16. The van der Waals surface area contributed by atoms with Gasteiger partial charge in [-0.15, -0.1) is 0 Å². The molecule has 2 unspecified atom stereocenters. The topological polar surface area (TPSA) is 78.4 Å². The molecule has 1 saturated carbocycles. The van der Waals surface area contributed by atoms with Crippen molar-refractivity contribution >= 4 is 23.8 Å². The van der Waals surface area contributed by atoms with Gasteiger partial charge in [-0.2, -0.15) is 11.8 Å². The van der Waals surface area contributed by atoms with E-state index in [9.17, 15) is 9.59 Å². The Kier molecular flexibility index (Phi) is 8.49. The number of unbranched alkanes of at least 4 members (excludes halogenated alkanes) is 2. The molecule has 1 rings (SSSR count). The number of hydrogen-bond donors (Lipinski definition) is 3. The molecule has 1 aliphatic rings. The number of nitrogens with one attached hydrogen (secondary N) is 2. The predicted octanol–water partition coefficient (Wildman–Crippen LogP) is 2.32. The van der Waals surface area contributed by atoms with Gasteiger partial charge in [0.15, 0.2) is 0 Å². The van der Waals surface area contributed by atoms with Gasteiger partial charge in [0.2, 0.25) is 0 Å². The summed E-state index contributed by atoms with van der Waals surface area (Å²) < 4.78 is 0. The molecule has 0 spiro atoms. The predicted molar refractivity (Wildman–Crippen MR) is 82.1 cm³/mol. The molecule has 116 valence electrons. The Balaban J connectivity index is 2.06. The van der Waals surface area contributed by atoms with E-state index in [1.807, 2.05) is 11.8 Å². The summed E-state index contributed by atoms with van der Waals surface area (Å²) in [6, 6.07) is -0.175. The van der Waals surface area contributed by atoms with E-state index in [0.717, 1.165) is 32.1 Å². The summed E-state index contributed by atoms with van der Waals surface area (Å²) in [6.45, 7) is 1.16. The molecular formula is C14H26N2O3S. The molecule has 0 bridgehead atoms. The number of hydrogen-bond acceptors (Lipinski definition) is 3. The van der Waals surface area contributed by atoms with Crippen LogP contribution in [0.3, 0.4) is 0 Å². The smallest absolute Gasteiger partial charge is 0.314 e. The Morgan fingerprint density at radius 1 is 1.20 bits per heavy atom. The number of aliphatic carboxylic acids is 1. The SMILES string of the molecule is CSCCCCCNC(=O)NCC1CCCC1C(=O)O. The number of carbonyl (C=O) groups excluding carboxylic acids is 1. The summed E-state index contributed by atoms with van der Waals surface area (Å²) in [6.07, 6.45) is 7.98. The van der Waals surface area contributed by atoms with Crippen molar-refractivity contribution < 1.29 is 14.7 Å². The quantitative estimate of drug-likeness (QED) is 0.571. The third-order valence-electron chi connectivity index (χ3n) is 3.81. The molecule has 0 aromatic rings. The number of urea groups is 1. The fourth-order valence-electron chi connectivity index (χ4n) is 2.64. The largest absolute Gasteiger partial charge is 0.481 e. The van der Waals surface area contributed by atoms with E-state index in [1.54, 1.807) is 0 Å². The molecule has 0 heterocycles. The van der Waals surface area contributed by atoms with E-state index < -0.39 is 5.97 Å². The molecular weight excluding hydrogens is 276 g/mol. The minimum atomic E-state index is -0.733. The van der Waals surface area contributed by atoms with Crippen molar-refractivity contribution in [1.82, 2.24) is 10.6 Å². The monoisotopic (exact) mass is 302 g/mol. The molecule has 0 aromatic heterocycles. The molecule has 3 N–H and O–H groups in total. The van der Waals surface area contributed by atoms with Gasteiger partial charge >= 0.3 is 12.0 Å². The lowest BCUT2D eigenvalue weighted by molar-refractivity contribution is -0.142. The van der Waals surface area contributed by atoms with Crippen molar-refractivity contribution in [2.75, 3.05) is 25.1 Å². The molecule has 6 heteroatoms. The lowest BCUT2D eigenvalue weighted by atomic mass is 9.96. The standard InChI is InChI=1S/C14H26N2O3S/c1-20-9-4-2-3-8-15-14(19)16-10-11-6-5-7-12(11)13(17)18/h11-12H,2-10H2,1H3,(H,17,18)(H2,15,16,19). The molecule has 1 aliphatic carbocycles. The zero-order valence-corrected chi connectivity index (χ0v) is 13.0. The van der Waals surface area contributed by atoms with Crippen LogP contribution in [0.2, 0.25) is 0 Å². The van der Waals surface area contributed by atoms with Crippen molar-refractivity contribution in [3.63, 3.8) is 0 Å². The first-order chi connectivity index (χ1) is 9.65. The summed E-state index contributed by atoms with van der Waals surface area (Å²) in [4.78, 5) is 22.6. The minimum Gasteiger partial charge on any atom is -0.481 e. The van der Waals surface area contributed by atoms with Crippen molar-refractivity contribution in [3.8, 4) is 0 Å². The fraction of sp³-hybridized carbons (Fsp3) is 0.857. The van der Waals surface area contributed by atoms with Crippen LogP contribution in [0, 0.1) is 11.8 Å². The van der Waals surface area contributed by atoms with Crippen LogP contribution in [0.1, 0.15) is 38.5 Å². The number of carboxylic acids is 1. The highest BCUT2D eigenvalue weighted by Gasteiger charge is 2.32. The van der Waals surface area contributed by atoms with Gasteiger partial charge in [0, 0.05) is 13.1 Å². The number of carbonyl (C=O) groups is 2. The molecule has 1 fully saturated rings. The molecule has 0 aromatic carbocycles. The van der Waals surface area contributed by atoms with E-state index in [4.69, 9.17) is 5.11 Å². The number of carboxylic acid groups (broad SMARTS) is 1. The first kappa shape index (κ1) is 17.1. The fourth-order valence-corrected chi connectivity index (χ4v) is 3.14. The molecule has 20 heavy (non-hydrogen) atoms. The normalized spacial score (nSPS) is 21.6. The zero-order chi connectivity index (χ0) is 14.8. The van der Waals surface area contributed by atoms with Crippen molar-refractivity contribution in [3.05, 3.63) is 0 Å². The molecule has 2 atom stereocenters. The Labute approximate surface area is 125 Å². The van der Waals surface area contributed by atoms with Crippen LogP contribution in [0.25, 0.3) is 0 Å². The van der Waals surface area contributed by atoms with Crippen molar-refractivity contribution in [2.45, 2.75) is 38.5 Å². The summed E-state index contributed by atoms with van der Waals surface area (Å²) in [7, 11) is 0. The van der Waals surface area contributed by atoms with Gasteiger partial charge in [-0.3, -0.25) is 4.79 Å². The number of amides is 2. The van der Waals surface area contributed by atoms with Gasteiger partial charge in [-0.1, -0.05) is 12.8 Å². The Hall–Kier alpha value is -0.910. The zero-order valence-electron chi connectivity index (χ0n) is 12.2. The third kappa shape index (κ3) is 6.50. The first-order valence-corrected chi connectivity index (χ1v) is 8.78. The number of rotatable bonds is 9. The maximum atomic E-state index is 11.6. The second-order valence-corrected chi connectivity index (χ2v) is 6.31. The van der Waals surface area contributed by atoms with Crippen LogP contribution < -0.4 is 10.6 Å². The molecule has 0 aliphatic heterocycles. The maximum Gasteiger partial charge on any atom is 0.314 e. The second-order valence-electron chi connectivity index (χ2n) is 5.33. The van der Waals surface area contributed by atoms with Gasteiger partial charge < -0.3 is 15.7 Å². The summed E-state index contributed by atoms with van der Waals surface area (Å²) in [5.41, 5.74) is 0. The first-order valence-electron chi connectivity index (χ1n) is 7.38. The van der Waals surface area contributed by atoms with Gasteiger partial charge in [0.05, 0.1) is 5.92 Å². The second kappa shape index (κ2) is 9.91. The Morgan fingerprint density at radius 3 is 2.70 bits per heavy atom. The van der Waals surface area contributed by atoms with Crippen LogP contribution in [-0.4, -0.2) is 42.2 Å². The van der Waals surface area contributed by atoms with Gasteiger partial charge in [0.1, 0.15) is 0 Å². The van der Waals surface area contributed by atoms with E-state index in [0.29, 0.717) is 13.1 Å². The maximum absolute atomic E-state index is 11.6. The van der Waals surface area contributed by atoms with Crippen LogP contribution in [-0.2, 0) is 4.79 Å². The van der Waals surface area contributed by atoms with Crippen LogP contribution in [0.4, 0.5) is 4.79 Å². The number of thioether (sulfide) groups is 1. The van der Waals surface area contributed by atoms with Gasteiger partial charge in [-0.25, -0.2) is 4.79 Å². The summed E-state index contributed by atoms with van der Waals surface area (Å²) in [5.74, 6) is 0.231. The van der Waals surface area contributed by atoms with Gasteiger partial charge in [-0.05, 0) is 43.6 Å². The highest BCUT2D eigenvalue weighted by molar-refractivity contribution is 7.98. The molecule has 2 amide bonds. The molecule has 5 nitrogen and oxygen atoms in total. The lowest BCUT2D eigenvalue weighted by Crippen LogP contribution is -2.40. The van der Waals surface area contributed by atoms with Crippen molar-refractivity contribution in [1.29, 1.82) is 0 Å². The van der Waals surface area contributed by atoms with E-state index in [1.165, 1.54) is 12.2 Å². The van der Waals surface area contributed by atoms with E-state index in [2.05, 4.69) is 16.9 Å². The Bertz CT molecular complexity index is 313. The summed E-state index contributed by atoms with van der Waals surface area (Å²) in [5, 5.41) is 14.7. The van der Waals surface area contributed by atoms with Gasteiger partial charge in [0.25, 0.3) is 0 Å². The highest BCUT2D eigenvalue weighted by Crippen LogP contribution is 2.31. The average molecular weight is 302 g/mol. The summed E-state index contributed by atoms with van der Waals surface area (Å²) >= 11 is 1.84. The Morgan fingerprint density at radius 2 is 2.00 bits per heavy atom. The van der Waals surface area contributed by atoms with Crippen LogP contribution >= 0.6 is 11.8 Å². The minimum absolute atomic E-state index is 0.0832. The van der Waals surface area contributed by atoms with E-state index >= 15 is 0 Å². The molecule has 0 saturated heterocycles. The van der Waals surface area contributed by atoms with E-state index in [-0.39, 0.29) is 17.9 Å². The third-order valence-corrected chi connectivity index (χ3v) is 4.51. The van der Waals surface area contributed by atoms with Crippen LogP contribution in [0.15, 0.2) is 0 Å². The highest BCUT2D eigenvalue weighted by atomic mass is 32.2. The molecule has 0 radical (unpaired) electrons. The van der Waals surface area contributed by atoms with Crippen LogP contribution in [0.5, 0.6) is 0 Å². The van der Waals surface area contributed by atoms with Crippen molar-refractivity contribution in [2.24, 2.45) is 11.8 Å². The average Bonchev–Trinajstić information content (AvgIpc) is 2.89.